The molecule has 7 heteroatoms. The minimum Gasteiger partial charge on any atom is -0.393 e. The van der Waals surface area contributed by atoms with E-state index in [0.29, 0.717) is 6.42 Å². The molecule has 2 aliphatic rings. The minimum atomic E-state index is -0.153. The third-order valence-corrected chi connectivity index (χ3v) is 7.30. The molecule has 0 radical (unpaired) electrons. The van der Waals surface area contributed by atoms with Crippen LogP contribution in [-0.4, -0.2) is 45.1 Å². The van der Waals surface area contributed by atoms with Gasteiger partial charge in [0.15, 0.2) is 5.82 Å². The number of hydrogen-bond acceptors (Lipinski definition) is 6. The number of rotatable bonds is 6. The normalized spacial score (nSPS) is 17.2. The molecule has 0 saturated carbocycles. The van der Waals surface area contributed by atoms with Gasteiger partial charge in [0.1, 0.15) is 11.3 Å². The van der Waals surface area contributed by atoms with E-state index in [1.54, 1.807) is 11.8 Å². The molecular formula is C26H31N5OS. The van der Waals surface area contributed by atoms with E-state index in [4.69, 9.17) is 9.97 Å². The maximum Gasteiger partial charge on any atom is 0.158 e. The molecule has 5 rings (SSSR count). The summed E-state index contributed by atoms with van der Waals surface area (Å²) in [7, 11) is 2.04. The Labute approximate surface area is 199 Å². The van der Waals surface area contributed by atoms with Crippen LogP contribution in [0.4, 0.5) is 11.5 Å². The maximum atomic E-state index is 9.76. The lowest BCUT2D eigenvalue weighted by Crippen LogP contribution is -2.35. The van der Waals surface area contributed by atoms with Crippen LogP contribution in [-0.2, 0) is 13.5 Å². The number of fused-ring (bicyclic) bond motifs is 1. The van der Waals surface area contributed by atoms with Crippen molar-refractivity contribution < 1.29 is 5.11 Å². The number of hydrogen-bond donors (Lipinski definition) is 2. The monoisotopic (exact) mass is 461 g/mol. The summed E-state index contributed by atoms with van der Waals surface area (Å²) < 4.78 is 2.08. The highest BCUT2D eigenvalue weighted by molar-refractivity contribution is 8.02. The predicted octanol–water partition coefficient (Wildman–Crippen LogP) is 4.86. The SMILES string of the molecule is CSC1=CCCC=C1Nc1nc(Cc2ccc(N3CCC(O)CC3)cc2)nc2ccn(C)c12. The summed E-state index contributed by atoms with van der Waals surface area (Å²) >= 11 is 1.77. The molecule has 0 unspecified atom stereocenters. The first kappa shape index (κ1) is 22.0. The van der Waals surface area contributed by atoms with Crippen LogP contribution in [0.25, 0.3) is 11.0 Å². The summed E-state index contributed by atoms with van der Waals surface area (Å²) in [6.45, 7) is 1.82. The van der Waals surface area contributed by atoms with Crippen LogP contribution in [0.2, 0.25) is 0 Å². The van der Waals surface area contributed by atoms with Crippen molar-refractivity contribution in [2.45, 2.75) is 38.2 Å². The number of aromatic nitrogens is 3. The smallest absolute Gasteiger partial charge is 0.158 e. The molecule has 3 aromatic rings. The number of aliphatic hydroxyl groups is 1. The lowest BCUT2D eigenvalue weighted by Gasteiger charge is -2.31. The van der Waals surface area contributed by atoms with Crippen molar-refractivity contribution in [1.29, 1.82) is 0 Å². The van der Waals surface area contributed by atoms with Crippen molar-refractivity contribution in [2.75, 3.05) is 29.6 Å². The van der Waals surface area contributed by atoms with Crippen molar-refractivity contribution in [3.05, 3.63) is 70.7 Å². The van der Waals surface area contributed by atoms with Crippen molar-refractivity contribution in [3.8, 4) is 0 Å². The molecule has 1 fully saturated rings. The Balaban J connectivity index is 1.39. The Morgan fingerprint density at radius 1 is 1.06 bits per heavy atom. The Kier molecular flexibility index (Phi) is 6.42. The molecule has 3 heterocycles. The van der Waals surface area contributed by atoms with Crippen LogP contribution in [0.3, 0.4) is 0 Å². The molecule has 0 atom stereocenters. The largest absolute Gasteiger partial charge is 0.393 e. The van der Waals surface area contributed by atoms with Crippen LogP contribution in [0.15, 0.2) is 59.3 Å². The van der Waals surface area contributed by atoms with Crippen LogP contribution in [0.1, 0.15) is 37.1 Å². The van der Waals surface area contributed by atoms with Crippen LogP contribution in [0.5, 0.6) is 0 Å². The van der Waals surface area contributed by atoms with E-state index in [1.807, 2.05) is 13.2 Å². The summed E-state index contributed by atoms with van der Waals surface area (Å²) in [5.74, 6) is 1.68. The van der Waals surface area contributed by atoms with Gasteiger partial charge in [-0.1, -0.05) is 24.3 Å². The fourth-order valence-electron chi connectivity index (χ4n) is 4.62. The number of thioether (sulfide) groups is 1. The van der Waals surface area contributed by atoms with Crippen LogP contribution >= 0.6 is 11.8 Å². The van der Waals surface area contributed by atoms with E-state index in [9.17, 15) is 5.11 Å². The molecule has 0 amide bonds. The van der Waals surface area contributed by atoms with E-state index in [-0.39, 0.29) is 6.10 Å². The number of aryl methyl sites for hydroxylation is 1. The number of piperidine rings is 1. The molecule has 1 aromatic carbocycles. The molecular weight excluding hydrogens is 430 g/mol. The standard InChI is InChI=1S/C26H31N5OS/c1-30-14-13-22-25(30)26(28-21-5-3-4-6-23(21)33-2)29-24(27-22)17-18-7-9-19(10-8-18)31-15-11-20(32)12-16-31/h5-10,13-14,20,32H,3-4,11-12,15-17H2,1-2H3,(H,27,28,29). The highest BCUT2D eigenvalue weighted by Gasteiger charge is 2.18. The lowest BCUT2D eigenvalue weighted by molar-refractivity contribution is 0.145. The van der Waals surface area contributed by atoms with Gasteiger partial charge in [0.2, 0.25) is 0 Å². The van der Waals surface area contributed by atoms with Gasteiger partial charge in [-0.15, -0.1) is 11.8 Å². The van der Waals surface area contributed by atoms with Gasteiger partial charge in [-0.25, -0.2) is 9.97 Å². The summed E-state index contributed by atoms with van der Waals surface area (Å²) in [6.07, 6.45) is 13.1. The van der Waals surface area contributed by atoms with Gasteiger partial charge in [-0.2, -0.15) is 0 Å². The first-order chi connectivity index (χ1) is 16.1. The molecule has 33 heavy (non-hydrogen) atoms. The molecule has 1 aliphatic heterocycles. The highest BCUT2D eigenvalue weighted by Crippen LogP contribution is 2.31. The number of aliphatic hydroxyl groups excluding tert-OH is 1. The zero-order valence-corrected chi connectivity index (χ0v) is 20.1. The molecule has 0 spiro atoms. The van der Waals surface area contributed by atoms with Crippen molar-refractivity contribution in [3.63, 3.8) is 0 Å². The molecule has 2 N–H and O–H groups in total. The zero-order valence-electron chi connectivity index (χ0n) is 19.3. The van der Waals surface area contributed by atoms with E-state index in [1.165, 1.54) is 16.2 Å². The lowest BCUT2D eigenvalue weighted by atomic mass is 10.1. The molecule has 0 bridgehead atoms. The minimum absolute atomic E-state index is 0.153. The quantitative estimate of drug-likeness (QED) is 0.547. The summed E-state index contributed by atoms with van der Waals surface area (Å²) in [5, 5.41) is 13.4. The number of anilines is 2. The number of nitrogens with zero attached hydrogens (tertiary/aromatic N) is 4. The first-order valence-corrected chi connectivity index (χ1v) is 12.9. The van der Waals surface area contributed by atoms with Gasteiger partial charge in [0, 0.05) is 49.0 Å². The van der Waals surface area contributed by atoms with Gasteiger partial charge in [0.25, 0.3) is 0 Å². The second-order valence-corrected chi connectivity index (χ2v) is 9.65. The van der Waals surface area contributed by atoms with Crippen molar-refractivity contribution >= 4 is 34.3 Å². The molecule has 172 valence electrons. The maximum absolute atomic E-state index is 9.76. The average Bonchev–Trinajstić information content (AvgIpc) is 3.21. The Morgan fingerprint density at radius 2 is 1.82 bits per heavy atom. The number of benzene rings is 1. The van der Waals surface area contributed by atoms with Crippen molar-refractivity contribution in [1.82, 2.24) is 14.5 Å². The van der Waals surface area contributed by atoms with Gasteiger partial charge in [-0.05, 0) is 55.7 Å². The number of nitrogens with one attached hydrogen (secondary N) is 1. The Hall–Kier alpha value is -2.77. The highest BCUT2D eigenvalue weighted by atomic mass is 32.2. The van der Waals surface area contributed by atoms with E-state index in [0.717, 1.165) is 67.1 Å². The molecule has 1 aliphatic carbocycles. The summed E-state index contributed by atoms with van der Waals surface area (Å²) in [4.78, 5) is 13.4. The van der Waals surface area contributed by atoms with Gasteiger partial charge in [-0.3, -0.25) is 0 Å². The van der Waals surface area contributed by atoms with Gasteiger partial charge >= 0.3 is 0 Å². The molecule has 2 aromatic heterocycles. The van der Waals surface area contributed by atoms with E-state index >= 15 is 0 Å². The number of allylic oxidation sites excluding steroid dienone is 2. The molecule has 6 nitrogen and oxygen atoms in total. The summed E-state index contributed by atoms with van der Waals surface area (Å²) in [5.41, 5.74) is 5.52. The van der Waals surface area contributed by atoms with Gasteiger partial charge < -0.3 is 19.9 Å². The van der Waals surface area contributed by atoms with Gasteiger partial charge in [0.05, 0.1) is 11.6 Å². The van der Waals surface area contributed by atoms with Crippen LogP contribution < -0.4 is 10.2 Å². The first-order valence-electron chi connectivity index (χ1n) is 11.7. The Bertz CT molecular complexity index is 1190. The third-order valence-electron chi connectivity index (χ3n) is 6.48. The zero-order chi connectivity index (χ0) is 22.8. The average molecular weight is 462 g/mol. The second kappa shape index (κ2) is 9.61. The topological polar surface area (TPSA) is 66.2 Å². The Morgan fingerprint density at radius 3 is 2.58 bits per heavy atom. The summed E-state index contributed by atoms with van der Waals surface area (Å²) in [6, 6.07) is 10.7. The predicted molar refractivity (Wildman–Crippen MR) is 138 cm³/mol. The fraction of sp³-hybridized carbons (Fsp3) is 0.385. The molecule has 1 saturated heterocycles. The third kappa shape index (κ3) is 4.80. The second-order valence-electron chi connectivity index (χ2n) is 8.80. The van der Waals surface area contributed by atoms with Crippen LogP contribution in [0, 0.1) is 0 Å². The van der Waals surface area contributed by atoms with Crippen molar-refractivity contribution in [2.24, 2.45) is 7.05 Å². The van der Waals surface area contributed by atoms with E-state index in [2.05, 4.69) is 63.5 Å². The fourth-order valence-corrected chi connectivity index (χ4v) is 5.26. The van der Waals surface area contributed by atoms with E-state index < -0.39 is 0 Å².